The topological polar surface area (TPSA) is 41.6 Å². The molecule has 4 nitrogen and oxygen atoms in total. The summed E-state index contributed by atoms with van der Waals surface area (Å²) >= 11 is 0. The molecule has 0 unspecified atom stereocenters. The highest BCUT2D eigenvalue weighted by atomic mass is 16.5. The summed E-state index contributed by atoms with van der Waals surface area (Å²) in [6.45, 7) is 4.28. The van der Waals surface area contributed by atoms with Crippen LogP contribution < -0.4 is 10.1 Å². The van der Waals surface area contributed by atoms with E-state index in [1.54, 1.807) is 12.0 Å². The molecule has 0 saturated carbocycles. The number of nitrogens with one attached hydrogen (secondary N) is 1. The Bertz CT molecular complexity index is 380. The molecule has 0 aliphatic heterocycles. The molecule has 0 heterocycles. The summed E-state index contributed by atoms with van der Waals surface area (Å²) in [6.07, 6.45) is 0.536. The lowest BCUT2D eigenvalue weighted by molar-refractivity contribution is -0.130. The van der Waals surface area contributed by atoms with E-state index in [2.05, 4.69) is 5.32 Å². The van der Waals surface area contributed by atoms with Gasteiger partial charge in [-0.25, -0.2) is 0 Å². The van der Waals surface area contributed by atoms with Gasteiger partial charge in [-0.05, 0) is 24.2 Å². The van der Waals surface area contributed by atoms with Gasteiger partial charge < -0.3 is 15.0 Å². The van der Waals surface area contributed by atoms with Gasteiger partial charge in [-0.2, -0.15) is 0 Å². The third kappa shape index (κ3) is 4.75. The van der Waals surface area contributed by atoms with E-state index in [1.807, 2.05) is 38.2 Å². The molecule has 0 fully saturated rings. The molecule has 1 aromatic carbocycles. The zero-order valence-corrected chi connectivity index (χ0v) is 11.4. The number of ether oxygens (including phenoxy) is 1. The zero-order chi connectivity index (χ0) is 13.4. The quantitative estimate of drug-likeness (QED) is 0.748. The Morgan fingerprint density at radius 3 is 2.89 bits per heavy atom. The van der Waals surface area contributed by atoms with Crippen LogP contribution in [0.3, 0.4) is 0 Å². The van der Waals surface area contributed by atoms with Gasteiger partial charge in [0.15, 0.2) is 0 Å². The third-order valence-electron chi connectivity index (χ3n) is 2.75. The molecule has 1 rings (SSSR count). The molecule has 1 aromatic rings. The molecule has 0 saturated heterocycles. The van der Waals surface area contributed by atoms with Crippen LogP contribution in [0.1, 0.15) is 18.9 Å². The Hall–Kier alpha value is -1.55. The van der Waals surface area contributed by atoms with Crippen LogP contribution in [0.4, 0.5) is 0 Å². The van der Waals surface area contributed by atoms with Crippen molar-refractivity contribution < 1.29 is 9.53 Å². The summed E-state index contributed by atoms with van der Waals surface area (Å²) in [6, 6.07) is 7.78. The van der Waals surface area contributed by atoms with E-state index < -0.39 is 0 Å². The maximum atomic E-state index is 11.8. The summed E-state index contributed by atoms with van der Waals surface area (Å²) in [5, 5.41) is 3.15. The van der Waals surface area contributed by atoms with Crippen LogP contribution in [0.15, 0.2) is 24.3 Å². The number of hydrogen-bond acceptors (Lipinski definition) is 3. The van der Waals surface area contributed by atoms with Crippen molar-refractivity contribution in [3.63, 3.8) is 0 Å². The SMILES string of the molecule is CCNCCC(=O)N(C)Cc1cccc(OC)c1. The fourth-order valence-corrected chi connectivity index (χ4v) is 1.70. The van der Waals surface area contributed by atoms with Crippen molar-refractivity contribution in [2.24, 2.45) is 0 Å². The average molecular weight is 250 g/mol. The van der Waals surface area contributed by atoms with Gasteiger partial charge in [0.1, 0.15) is 5.75 Å². The monoisotopic (exact) mass is 250 g/mol. The highest BCUT2D eigenvalue weighted by molar-refractivity contribution is 5.76. The van der Waals surface area contributed by atoms with Gasteiger partial charge in [-0.1, -0.05) is 19.1 Å². The lowest BCUT2D eigenvalue weighted by atomic mass is 10.2. The minimum atomic E-state index is 0.152. The van der Waals surface area contributed by atoms with E-state index in [1.165, 1.54) is 0 Å². The standard InChI is InChI=1S/C14H22N2O2/c1-4-15-9-8-14(17)16(2)11-12-6-5-7-13(10-12)18-3/h5-7,10,15H,4,8-9,11H2,1-3H3. The van der Waals surface area contributed by atoms with Crippen LogP contribution in [0.25, 0.3) is 0 Å². The number of carbonyl (C=O) groups excluding carboxylic acids is 1. The average Bonchev–Trinajstić information content (AvgIpc) is 2.39. The lowest BCUT2D eigenvalue weighted by Gasteiger charge is -2.17. The van der Waals surface area contributed by atoms with E-state index in [9.17, 15) is 4.79 Å². The number of nitrogens with zero attached hydrogens (tertiary/aromatic N) is 1. The van der Waals surface area contributed by atoms with Crippen LogP contribution >= 0.6 is 0 Å². The largest absolute Gasteiger partial charge is 0.497 e. The van der Waals surface area contributed by atoms with E-state index in [0.29, 0.717) is 13.0 Å². The number of carbonyl (C=O) groups is 1. The Kier molecular flexibility index (Phi) is 6.22. The van der Waals surface area contributed by atoms with Gasteiger partial charge in [-0.15, -0.1) is 0 Å². The second kappa shape index (κ2) is 7.71. The molecule has 0 aliphatic carbocycles. The molecule has 0 radical (unpaired) electrons. The third-order valence-corrected chi connectivity index (χ3v) is 2.75. The second-order valence-corrected chi connectivity index (χ2v) is 4.20. The highest BCUT2D eigenvalue weighted by Crippen LogP contribution is 2.14. The molecule has 0 aromatic heterocycles. The molecule has 18 heavy (non-hydrogen) atoms. The number of rotatable bonds is 7. The highest BCUT2D eigenvalue weighted by Gasteiger charge is 2.08. The molecular weight excluding hydrogens is 228 g/mol. The second-order valence-electron chi connectivity index (χ2n) is 4.20. The van der Waals surface area contributed by atoms with Gasteiger partial charge in [0.2, 0.25) is 5.91 Å². The van der Waals surface area contributed by atoms with E-state index in [4.69, 9.17) is 4.74 Å². The molecule has 0 spiro atoms. The number of amides is 1. The van der Waals surface area contributed by atoms with Crippen LogP contribution in [0.5, 0.6) is 5.75 Å². The summed E-state index contributed by atoms with van der Waals surface area (Å²) in [5.74, 6) is 0.972. The Balaban J connectivity index is 2.47. The fraction of sp³-hybridized carbons (Fsp3) is 0.500. The number of hydrogen-bond donors (Lipinski definition) is 1. The summed E-state index contributed by atoms with van der Waals surface area (Å²) in [7, 11) is 3.47. The summed E-state index contributed by atoms with van der Waals surface area (Å²) in [5.41, 5.74) is 1.08. The molecule has 100 valence electrons. The van der Waals surface area contributed by atoms with Crippen LogP contribution in [-0.2, 0) is 11.3 Å². The number of methoxy groups -OCH3 is 1. The Morgan fingerprint density at radius 1 is 1.44 bits per heavy atom. The van der Waals surface area contributed by atoms with Gasteiger partial charge in [0.05, 0.1) is 7.11 Å². The first-order valence-electron chi connectivity index (χ1n) is 6.25. The van der Waals surface area contributed by atoms with Gasteiger partial charge in [0.25, 0.3) is 0 Å². The predicted molar refractivity (Wildman–Crippen MR) is 72.6 cm³/mol. The van der Waals surface area contributed by atoms with Crippen molar-refractivity contribution in [3.05, 3.63) is 29.8 Å². The van der Waals surface area contributed by atoms with Crippen molar-refractivity contribution in [2.45, 2.75) is 19.9 Å². The van der Waals surface area contributed by atoms with Crippen LogP contribution in [0.2, 0.25) is 0 Å². The maximum absolute atomic E-state index is 11.8. The van der Waals surface area contributed by atoms with E-state index >= 15 is 0 Å². The molecule has 0 aliphatic rings. The van der Waals surface area contributed by atoms with Crippen molar-refractivity contribution in [2.75, 3.05) is 27.2 Å². The van der Waals surface area contributed by atoms with Gasteiger partial charge in [-0.3, -0.25) is 4.79 Å². The van der Waals surface area contributed by atoms with Crippen molar-refractivity contribution >= 4 is 5.91 Å². The van der Waals surface area contributed by atoms with Crippen LogP contribution in [-0.4, -0.2) is 38.1 Å². The Labute approximate surface area is 109 Å². The van der Waals surface area contributed by atoms with E-state index in [0.717, 1.165) is 24.4 Å². The smallest absolute Gasteiger partial charge is 0.223 e. The van der Waals surface area contributed by atoms with Gasteiger partial charge in [0, 0.05) is 26.6 Å². The van der Waals surface area contributed by atoms with E-state index in [-0.39, 0.29) is 5.91 Å². The molecule has 4 heteroatoms. The van der Waals surface area contributed by atoms with Crippen molar-refractivity contribution in [1.29, 1.82) is 0 Å². The number of benzene rings is 1. The predicted octanol–water partition coefficient (Wildman–Crippen LogP) is 1.65. The van der Waals surface area contributed by atoms with Crippen LogP contribution in [0, 0.1) is 0 Å². The minimum absolute atomic E-state index is 0.152. The van der Waals surface area contributed by atoms with Crippen molar-refractivity contribution in [3.8, 4) is 5.75 Å². The molecule has 1 N–H and O–H groups in total. The summed E-state index contributed by atoms with van der Waals surface area (Å²) in [4.78, 5) is 13.6. The fourth-order valence-electron chi connectivity index (χ4n) is 1.70. The molecule has 0 atom stereocenters. The first-order chi connectivity index (χ1) is 8.67. The first-order valence-corrected chi connectivity index (χ1v) is 6.25. The summed E-state index contributed by atoms with van der Waals surface area (Å²) < 4.78 is 5.16. The zero-order valence-electron chi connectivity index (χ0n) is 11.4. The minimum Gasteiger partial charge on any atom is -0.497 e. The molecular formula is C14H22N2O2. The molecule has 1 amide bonds. The normalized spacial score (nSPS) is 10.2. The first kappa shape index (κ1) is 14.5. The maximum Gasteiger partial charge on any atom is 0.223 e. The van der Waals surface area contributed by atoms with Crippen molar-refractivity contribution in [1.82, 2.24) is 10.2 Å². The Morgan fingerprint density at radius 2 is 2.22 bits per heavy atom. The lowest BCUT2D eigenvalue weighted by Crippen LogP contribution is -2.29. The van der Waals surface area contributed by atoms with Gasteiger partial charge >= 0.3 is 0 Å². The molecule has 0 bridgehead atoms.